The van der Waals surface area contributed by atoms with Gasteiger partial charge in [0, 0.05) is 6.61 Å². The summed E-state index contributed by atoms with van der Waals surface area (Å²) < 4.78 is 5.95. The summed E-state index contributed by atoms with van der Waals surface area (Å²) in [6.45, 7) is 2.54. The van der Waals surface area contributed by atoms with Crippen LogP contribution < -0.4 is 5.56 Å². The summed E-state index contributed by atoms with van der Waals surface area (Å²) in [5.74, 6) is 0.570. The molecule has 2 rings (SSSR count). The van der Waals surface area contributed by atoms with Gasteiger partial charge in [-0.3, -0.25) is 4.79 Å². The van der Waals surface area contributed by atoms with Crippen LogP contribution in [0.1, 0.15) is 56.8 Å². The Morgan fingerprint density at radius 1 is 1.42 bits per heavy atom. The van der Waals surface area contributed by atoms with Gasteiger partial charge in [0.25, 0.3) is 5.56 Å². The maximum atomic E-state index is 11.8. The molecule has 5 nitrogen and oxygen atoms in total. The van der Waals surface area contributed by atoms with Crippen LogP contribution in [0.3, 0.4) is 0 Å². The van der Waals surface area contributed by atoms with Crippen LogP contribution in [0.2, 0.25) is 0 Å². The molecule has 5 heteroatoms. The lowest BCUT2D eigenvalue weighted by Crippen LogP contribution is -2.34. The van der Waals surface area contributed by atoms with Gasteiger partial charge < -0.3 is 9.72 Å². The molecule has 0 amide bonds. The molecule has 0 bridgehead atoms. The normalized spacial score (nSPS) is 18.5. The van der Waals surface area contributed by atoms with Gasteiger partial charge in [0.05, 0.1) is 6.20 Å². The van der Waals surface area contributed by atoms with Crippen molar-refractivity contribution in [3.8, 4) is 6.07 Å². The van der Waals surface area contributed by atoms with E-state index in [2.05, 4.69) is 9.97 Å². The number of nitriles is 1. The summed E-state index contributed by atoms with van der Waals surface area (Å²) in [6.07, 6.45) is 7.61. The molecule has 102 valence electrons. The molecule has 0 aromatic carbocycles. The number of hydrogen-bond acceptors (Lipinski definition) is 4. The molecule has 1 N–H and O–H groups in total. The van der Waals surface area contributed by atoms with Gasteiger partial charge in [0.1, 0.15) is 23.1 Å². The average Bonchev–Trinajstić information content (AvgIpc) is 2.66. The zero-order valence-corrected chi connectivity index (χ0v) is 11.2. The number of hydrogen-bond donors (Lipinski definition) is 1. The fourth-order valence-corrected chi connectivity index (χ4v) is 2.73. The quantitative estimate of drug-likeness (QED) is 0.846. The van der Waals surface area contributed by atoms with E-state index in [-0.39, 0.29) is 11.1 Å². The molecule has 1 aliphatic carbocycles. The molecule has 0 unspecified atom stereocenters. The average molecular weight is 261 g/mol. The highest BCUT2D eigenvalue weighted by atomic mass is 16.5. The fraction of sp³-hybridized carbons (Fsp3) is 0.643. The Kier molecular flexibility index (Phi) is 4.33. The SMILES string of the molecule is CCOC1(c2ncc(C#N)c(=O)[nH]2)CCCCCC1. The number of nitrogens with one attached hydrogen (secondary N) is 1. The summed E-state index contributed by atoms with van der Waals surface area (Å²) in [7, 11) is 0. The summed E-state index contributed by atoms with van der Waals surface area (Å²) >= 11 is 0. The van der Waals surface area contributed by atoms with Gasteiger partial charge in [-0.1, -0.05) is 25.7 Å². The predicted molar refractivity (Wildman–Crippen MR) is 70.6 cm³/mol. The minimum absolute atomic E-state index is 0.0454. The molecule has 0 aliphatic heterocycles. The second kappa shape index (κ2) is 5.98. The standard InChI is InChI=1S/C14H19N3O2/c1-2-19-14(7-5-3-4-6-8-14)13-16-10-11(9-15)12(18)17-13/h10H,2-8H2,1H3,(H,16,17,18). The van der Waals surface area contributed by atoms with E-state index in [4.69, 9.17) is 10.00 Å². The highest BCUT2D eigenvalue weighted by molar-refractivity contribution is 5.23. The second-order valence-electron chi connectivity index (χ2n) is 4.93. The minimum Gasteiger partial charge on any atom is -0.367 e. The zero-order valence-electron chi connectivity index (χ0n) is 11.2. The van der Waals surface area contributed by atoms with Crippen LogP contribution in [0.15, 0.2) is 11.0 Å². The maximum Gasteiger partial charge on any atom is 0.268 e. The zero-order chi connectivity index (χ0) is 13.7. The van der Waals surface area contributed by atoms with E-state index in [0.717, 1.165) is 25.7 Å². The van der Waals surface area contributed by atoms with Crippen molar-refractivity contribution >= 4 is 0 Å². The van der Waals surface area contributed by atoms with Crippen molar-refractivity contribution in [3.05, 3.63) is 27.9 Å². The molecular formula is C14H19N3O2. The van der Waals surface area contributed by atoms with Crippen LogP contribution in [0, 0.1) is 11.3 Å². The van der Waals surface area contributed by atoms with E-state index in [1.165, 1.54) is 19.0 Å². The number of aromatic nitrogens is 2. The molecular weight excluding hydrogens is 242 g/mol. The van der Waals surface area contributed by atoms with Crippen LogP contribution in [-0.2, 0) is 10.3 Å². The van der Waals surface area contributed by atoms with Crippen molar-refractivity contribution < 1.29 is 4.74 Å². The van der Waals surface area contributed by atoms with Gasteiger partial charge in [-0.2, -0.15) is 5.26 Å². The Hall–Kier alpha value is -1.67. The van der Waals surface area contributed by atoms with E-state index < -0.39 is 5.60 Å². The number of rotatable bonds is 3. The highest BCUT2D eigenvalue weighted by Gasteiger charge is 2.36. The first-order valence-corrected chi connectivity index (χ1v) is 6.86. The van der Waals surface area contributed by atoms with E-state index >= 15 is 0 Å². The number of H-pyrrole nitrogens is 1. The Morgan fingerprint density at radius 3 is 2.63 bits per heavy atom. The Bertz CT molecular complexity index is 522. The largest absolute Gasteiger partial charge is 0.367 e. The molecule has 0 atom stereocenters. The van der Waals surface area contributed by atoms with Crippen LogP contribution in [-0.4, -0.2) is 16.6 Å². The number of aromatic amines is 1. The van der Waals surface area contributed by atoms with Crippen LogP contribution >= 0.6 is 0 Å². The topological polar surface area (TPSA) is 78.8 Å². The first kappa shape index (κ1) is 13.8. The van der Waals surface area contributed by atoms with Crippen molar-refractivity contribution in [1.82, 2.24) is 9.97 Å². The van der Waals surface area contributed by atoms with Gasteiger partial charge in [0.15, 0.2) is 0 Å². The van der Waals surface area contributed by atoms with Gasteiger partial charge in [0.2, 0.25) is 0 Å². The van der Waals surface area contributed by atoms with Crippen LogP contribution in [0.5, 0.6) is 0 Å². The molecule has 1 fully saturated rings. The van der Waals surface area contributed by atoms with E-state index in [9.17, 15) is 4.79 Å². The molecule has 1 aromatic rings. The van der Waals surface area contributed by atoms with Crippen molar-refractivity contribution in [2.24, 2.45) is 0 Å². The molecule has 19 heavy (non-hydrogen) atoms. The van der Waals surface area contributed by atoms with Gasteiger partial charge in [-0.05, 0) is 19.8 Å². The second-order valence-corrected chi connectivity index (χ2v) is 4.93. The Labute approximate surface area is 112 Å². The minimum atomic E-state index is -0.488. The monoisotopic (exact) mass is 261 g/mol. The van der Waals surface area contributed by atoms with Crippen molar-refractivity contribution in [3.63, 3.8) is 0 Å². The van der Waals surface area contributed by atoms with Gasteiger partial charge in [-0.15, -0.1) is 0 Å². The maximum absolute atomic E-state index is 11.8. The van der Waals surface area contributed by atoms with Crippen LogP contribution in [0.25, 0.3) is 0 Å². The third-order valence-electron chi connectivity index (χ3n) is 3.68. The lowest BCUT2D eigenvalue weighted by Gasteiger charge is -2.31. The fourth-order valence-electron chi connectivity index (χ4n) is 2.73. The molecule has 0 saturated heterocycles. The third-order valence-corrected chi connectivity index (χ3v) is 3.68. The first-order valence-electron chi connectivity index (χ1n) is 6.86. The smallest absolute Gasteiger partial charge is 0.268 e. The molecule has 1 heterocycles. The van der Waals surface area contributed by atoms with Crippen molar-refractivity contribution in [1.29, 1.82) is 5.26 Å². The molecule has 0 radical (unpaired) electrons. The van der Waals surface area contributed by atoms with E-state index in [1.807, 2.05) is 13.0 Å². The lowest BCUT2D eigenvalue weighted by atomic mass is 9.93. The molecule has 1 aromatic heterocycles. The molecule has 1 aliphatic rings. The predicted octanol–water partition coefficient (Wildman–Crippen LogP) is 2.23. The Balaban J connectivity index is 2.40. The lowest BCUT2D eigenvalue weighted by molar-refractivity contribution is -0.0626. The first-order chi connectivity index (χ1) is 9.22. The third kappa shape index (κ3) is 2.85. The summed E-state index contributed by atoms with van der Waals surface area (Å²) in [4.78, 5) is 18.8. The number of nitrogens with zero attached hydrogens (tertiary/aromatic N) is 2. The van der Waals surface area contributed by atoms with Crippen molar-refractivity contribution in [2.45, 2.75) is 51.0 Å². The molecule has 1 saturated carbocycles. The van der Waals surface area contributed by atoms with Crippen LogP contribution in [0.4, 0.5) is 0 Å². The summed E-state index contributed by atoms with van der Waals surface area (Å²) in [5, 5.41) is 8.79. The summed E-state index contributed by atoms with van der Waals surface area (Å²) in [6, 6.07) is 1.84. The molecule has 0 spiro atoms. The van der Waals surface area contributed by atoms with Gasteiger partial charge >= 0.3 is 0 Å². The summed E-state index contributed by atoms with van der Waals surface area (Å²) in [5.41, 5.74) is -0.821. The Morgan fingerprint density at radius 2 is 2.11 bits per heavy atom. The van der Waals surface area contributed by atoms with Crippen molar-refractivity contribution in [2.75, 3.05) is 6.61 Å². The number of ether oxygens (including phenoxy) is 1. The highest BCUT2D eigenvalue weighted by Crippen LogP contribution is 2.37. The van der Waals surface area contributed by atoms with E-state index in [1.54, 1.807) is 0 Å². The van der Waals surface area contributed by atoms with Gasteiger partial charge in [-0.25, -0.2) is 4.98 Å². The van der Waals surface area contributed by atoms with E-state index in [0.29, 0.717) is 12.4 Å².